The number of aromatic hydroxyl groups is 2. The van der Waals surface area contributed by atoms with Crippen LogP contribution >= 0.6 is 0 Å². The third-order valence-corrected chi connectivity index (χ3v) is 2.58. The number of phenols is 2. The number of carboxylic acid groups (broad SMARTS) is 1. The Balaban J connectivity index is 2.29. The molecule has 104 valence electrons. The highest BCUT2D eigenvalue weighted by Crippen LogP contribution is 2.22. The van der Waals surface area contributed by atoms with E-state index < -0.39 is 11.9 Å². The highest BCUT2D eigenvalue weighted by molar-refractivity contribution is 5.96. The molecule has 0 bridgehead atoms. The third-order valence-electron chi connectivity index (χ3n) is 2.58. The van der Waals surface area contributed by atoms with E-state index in [0.29, 0.717) is 25.8 Å². The number of aliphatic carboxylic acids is 1. The van der Waals surface area contributed by atoms with Crippen molar-refractivity contribution in [2.45, 2.75) is 25.7 Å². The van der Waals surface area contributed by atoms with Crippen molar-refractivity contribution in [1.82, 2.24) is 5.32 Å². The molecule has 0 heterocycles. The fraction of sp³-hybridized carbons (Fsp3) is 0.385. The van der Waals surface area contributed by atoms with E-state index in [2.05, 4.69) is 5.32 Å². The van der Waals surface area contributed by atoms with Crippen LogP contribution in [0.1, 0.15) is 36.0 Å². The van der Waals surface area contributed by atoms with Crippen LogP contribution in [0.2, 0.25) is 0 Å². The van der Waals surface area contributed by atoms with Gasteiger partial charge < -0.3 is 20.6 Å². The second-order valence-corrected chi connectivity index (χ2v) is 4.16. The molecule has 1 amide bonds. The fourth-order valence-corrected chi connectivity index (χ4v) is 1.59. The van der Waals surface area contributed by atoms with Gasteiger partial charge in [0.1, 0.15) is 11.5 Å². The number of carboxylic acids is 1. The summed E-state index contributed by atoms with van der Waals surface area (Å²) >= 11 is 0. The Bertz CT molecular complexity index is 458. The van der Waals surface area contributed by atoms with Gasteiger partial charge >= 0.3 is 5.97 Å². The lowest BCUT2D eigenvalue weighted by molar-refractivity contribution is -0.137. The number of amides is 1. The van der Waals surface area contributed by atoms with Crippen LogP contribution in [0, 0.1) is 0 Å². The first-order valence-electron chi connectivity index (χ1n) is 6.02. The van der Waals surface area contributed by atoms with Crippen molar-refractivity contribution in [3.8, 4) is 11.5 Å². The van der Waals surface area contributed by atoms with Gasteiger partial charge in [-0.05, 0) is 25.0 Å². The summed E-state index contributed by atoms with van der Waals surface area (Å²) in [6.45, 7) is 0.415. The zero-order valence-corrected chi connectivity index (χ0v) is 10.4. The first kappa shape index (κ1) is 14.8. The number of carbonyl (C=O) groups excluding carboxylic acids is 1. The number of rotatable bonds is 7. The highest BCUT2D eigenvalue weighted by atomic mass is 16.4. The summed E-state index contributed by atoms with van der Waals surface area (Å²) < 4.78 is 0. The molecule has 4 N–H and O–H groups in total. The maximum Gasteiger partial charge on any atom is 0.303 e. The summed E-state index contributed by atoms with van der Waals surface area (Å²) in [7, 11) is 0. The molecular weight excluding hydrogens is 250 g/mol. The van der Waals surface area contributed by atoms with Crippen LogP contribution in [0.3, 0.4) is 0 Å². The highest BCUT2D eigenvalue weighted by Gasteiger charge is 2.10. The quantitative estimate of drug-likeness (QED) is 0.560. The van der Waals surface area contributed by atoms with Gasteiger partial charge in [-0.3, -0.25) is 9.59 Å². The van der Waals surface area contributed by atoms with Gasteiger partial charge in [0.25, 0.3) is 5.91 Å². The largest absolute Gasteiger partial charge is 0.508 e. The molecule has 6 heteroatoms. The average molecular weight is 267 g/mol. The molecule has 0 unspecified atom stereocenters. The Labute approximate surface area is 110 Å². The van der Waals surface area contributed by atoms with E-state index >= 15 is 0 Å². The van der Waals surface area contributed by atoms with E-state index in [1.807, 2.05) is 0 Å². The van der Waals surface area contributed by atoms with Crippen molar-refractivity contribution >= 4 is 11.9 Å². The molecule has 1 rings (SSSR count). The zero-order valence-electron chi connectivity index (χ0n) is 10.4. The predicted molar refractivity (Wildman–Crippen MR) is 68.2 cm³/mol. The molecule has 0 aromatic heterocycles. The number of hydrogen-bond acceptors (Lipinski definition) is 4. The molecular formula is C13H17NO5. The summed E-state index contributed by atoms with van der Waals surface area (Å²) in [6.07, 6.45) is 2.11. The van der Waals surface area contributed by atoms with Crippen molar-refractivity contribution in [2.24, 2.45) is 0 Å². The number of phenolic OH excluding ortho intramolecular Hbond substituents is 2. The van der Waals surface area contributed by atoms with Gasteiger partial charge in [0.2, 0.25) is 0 Å². The van der Waals surface area contributed by atoms with Gasteiger partial charge in [-0.2, -0.15) is 0 Å². The van der Waals surface area contributed by atoms with E-state index in [1.165, 1.54) is 12.1 Å². The third kappa shape index (κ3) is 5.29. The molecule has 1 aromatic rings. The SMILES string of the molecule is O=C(O)CCCCCNC(=O)c1ccc(O)cc1O. The Morgan fingerprint density at radius 3 is 2.47 bits per heavy atom. The first-order valence-corrected chi connectivity index (χ1v) is 6.02. The van der Waals surface area contributed by atoms with Crippen molar-refractivity contribution in [3.05, 3.63) is 23.8 Å². The fourth-order valence-electron chi connectivity index (χ4n) is 1.59. The van der Waals surface area contributed by atoms with E-state index in [4.69, 9.17) is 10.2 Å². The van der Waals surface area contributed by atoms with Crippen LogP contribution in [0.25, 0.3) is 0 Å². The molecule has 0 aliphatic heterocycles. The van der Waals surface area contributed by atoms with Gasteiger partial charge in [0.15, 0.2) is 0 Å². The molecule has 0 aliphatic carbocycles. The van der Waals surface area contributed by atoms with Crippen LogP contribution in [0.4, 0.5) is 0 Å². The number of nitrogens with one attached hydrogen (secondary N) is 1. The lowest BCUT2D eigenvalue weighted by atomic mass is 10.1. The van der Waals surface area contributed by atoms with Gasteiger partial charge in [0.05, 0.1) is 5.56 Å². The second-order valence-electron chi connectivity index (χ2n) is 4.16. The second kappa shape index (κ2) is 7.25. The summed E-state index contributed by atoms with van der Waals surface area (Å²) in [5.41, 5.74) is 0.100. The molecule has 0 saturated heterocycles. The van der Waals surface area contributed by atoms with Crippen LogP contribution < -0.4 is 5.32 Å². The molecule has 0 saturated carbocycles. The van der Waals surface area contributed by atoms with Crippen molar-refractivity contribution in [2.75, 3.05) is 6.54 Å². The predicted octanol–water partition coefficient (Wildman–Crippen LogP) is 1.47. The topological polar surface area (TPSA) is 107 Å². The molecule has 1 aromatic carbocycles. The van der Waals surface area contributed by atoms with Crippen molar-refractivity contribution < 1.29 is 24.9 Å². The minimum Gasteiger partial charge on any atom is -0.508 e. The number of hydrogen-bond donors (Lipinski definition) is 4. The molecule has 0 aliphatic rings. The zero-order chi connectivity index (χ0) is 14.3. The van der Waals surface area contributed by atoms with Gasteiger partial charge in [-0.15, -0.1) is 0 Å². The number of carbonyl (C=O) groups is 2. The van der Waals surface area contributed by atoms with E-state index in [1.54, 1.807) is 0 Å². The average Bonchev–Trinajstić information content (AvgIpc) is 2.32. The molecule has 0 fully saturated rings. The molecule has 6 nitrogen and oxygen atoms in total. The van der Waals surface area contributed by atoms with E-state index in [-0.39, 0.29) is 23.5 Å². The minimum atomic E-state index is -0.821. The minimum absolute atomic E-state index is 0.100. The summed E-state index contributed by atoms with van der Waals surface area (Å²) in [5, 5.41) is 29.6. The number of benzene rings is 1. The van der Waals surface area contributed by atoms with Gasteiger partial charge in [0, 0.05) is 19.0 Å². The lowest BCUT2D eigenvalue weighted by Crippen LogP contribution is -2.24. The molecule has 0 atom stereocenters. The van der Waals surface area contributed by atoms with Gasteiger partial charge in [-0.1, -0.05) is 6.42 Å². The van der Waals surface area contributed by atoms with E-state index in [0.717, 1.165) is 6.07 Å². The maximum atomic E-state index is 11.7. The summed E-state index contributed by atoms with van der Waals surface area (Å²) in [6, 6.07) is 3.76. The molecule has 0 spiro atoms. The first-order chi connectivity index (χ1) is 9.00. The van der Waals surface area contributed by atoms with E-state index in [9.17, 15) is 14.7 Å². The Hall–Kier alpha value is -2.24. The number of unbranched alkanes of at least 4 members (excludes halogenated alkanes) is 2. The Kier molecular flexibility index (Phi) is 5.66. The normalized spacial score (nSPS) is 10.1. The van der Waals surface area contributed by atoms with Crippen molar-refractivity contribution in [1.29, 1.82) is 0 Å². The van der Waals surface area contributed by atoms with Gasteiger partial charge in [-0.25, -0.2) is 0 Å². The monoisotopic (exact) mass is 267 g/mol. The van der Waals surface area contributed by atoms with Crippen LogP contribution in [-0.4, -0.2) is 33.7 Å². The molecule has 19 heavy (non-hydrogen) atoms. The lowest BCUT2D eigenvalue weighted by Gasteiger charge is -2.06. The maximum absolute atomic E-state index is 11.7. The van der Waals surface area contributed by atoms with Crippen molar-refractivity contribution in [3.63, 3.8) is 0 Å². The van der Waals surface area contributed by atoms with Crippen LogP contribution in [0.15, 0.2) is 18.2 Å². The molecule has 0 radical (unpaired) electrons. The standard InChI is InChI=1S/C13H17NO5/c15-9-5-6-10(11(16)8-9)13(19)14-7-3-1-2-4-12(17)18/h5-6,8,15-16H,1-4,7H2,(H,14,19)(H,17,18). The smallest absolute Gasteiger partial charge is 0.303 e. The Morgan fingerprint density at radius 2 is 1.84 bits per heavy atom. The summed E-state index contributed by atoms with van der Waals surface area (Å²) in [4.78, 5) is 21.9. The Morgan fingerprint density at radius 1 is 1.11 bits per heavy atom. The van der Waals surface area contributed by atoms with Crippen LogP contribution in [-0.2, 0) is 4.79 Å². The van der Waals surface area contributed by atoms with Crippen LogP contribution in [0.5, 0.6) is 11.5 Å². The summed E-state index contributed by atoms with van der Waals surface area (Å²) in [5.74, 6) is -1.63.